The number of hydrogen-bond acceptors (Lipinski definition) is 2. The van der Waals surface area contributed by atoms with Crippen molar-refractivity contribution in [3.8, 4) is 0 Å². The van der Waals surface area contributed by atoms with Crippen LogP contribution >= 0.6 is 0 Å². The zero-order valence-electron chi connectivity index (χ0n) is 16.5. The molecule has 2 fully saturated rings. The fourth-order valence-electron chi connectivity index (χ4n) is 4.25. The monoisotopic (exact) mass is 371 g/mol. The molecule has 2 N–H and O–H groups in total. The lowest BCUT2D eigenvalue weighted by Crippen LogP contribution is -2.48. The molecule has 0 atom stereocenters. The Morgan fingerprint density at radius 1 is 1.04 bits per heavy atom. The molecule has 0 aromatic heterocycles. The second-order valence-corrected chi connectivity index (χ2v) is 8.07. The number of amides is 3. The van der Waals surface area contributed by atoms with Crippen molar-refractivity contribution >= 4 is 11.9 Å². The Morgan fingerprint density at radius 2 is 1.74 bits per heavy atom. The lowest BCUT2D eigenvalue weighted by atomic mass is 9.93. The van der Waals surface area contributed by atoms with Crippen molar-refractivity contribution in [1.29, 1.82) is 0 Å². The van der Waals surface area contributed by atoms with E-state index in [-0.39, 0.29) is 11.9 Å². The van der Waals surface area contributed by atoms with Crippen molar-refractivity contribution in [3.05, 3.63) is 35.4 Å². The van der Waals surface area contributed by atoms with Gasteiger partial charge in [-0.2, -0.15) is 0 Å². The number of nitrogens with one attached hydrogen (secondary N) is 2. The Labute approximate surface area is 162 Å². The second-order valence-electron chi connectivity index (χ2n) is 8.07. The molecule has 0 spiro atoms. The van der Waals surface area contributed by atoms with Gasteiger partial charge in [-0.3, -0.25) is 4.79 Å². The van der Waals surface area contributed by atoms with Crippen molar-refractivity contribution in [2.45, 2.75) is 64.3 Å². The summed E-state index contributed by atoms with van der Waals surface area (Å²) in [5.74, 6) is 0.596. The molecular weight excluding hydrogens is 338 g/mol. The van der Waals surface area contributed by atoms with Crippen LogP contribution in [0.5, 0.6) is 0 Å². The Bertz CT molecular complexity index is 632. The maximum atomic E-state index is 12.4. The van der Waals surface area contributed by atoms with Gasteiger partial charge in [0.05, 0.1) is 0 Å². The second kappa shape index (κ2) is 9.77. The van der Waals surface area contributed by atoms with E-state index in [2.05, 4.69) is 10.6 Å². The molecule has 3 amide bonds. The highest BCUT2D eigenvalue weighted by atomic mass is 16.2. The predicted octanol–water partition coefficient (Wildman–Crippen LogP) is 3.87. The molecule has 1 saturated heterocycles. The van der Waals surface area contributed by atoms with Crippen LogP contribution in [0.4, 0.5) is 4.79 Å². The van der Waals surface area contributed by atoms with Gasteiger partial charge in [0.1, 0.15) is 0 Å². The Kier molecular flexibility index (Phi) is 7.13. The number of urea groups is 1. The normalized spacial score (nSPS) is 18.9. The molecule has 3 rings (SSSR count). The van der Waals surface area contributed by atoms with Crippen LogP contribution in [0, 0.1) is 12.8 Å². The van der Waals surface area contributed by atoms with Crippen LogP contribution < -0.4 is 10.6 Å². The van der Waals surface area contributed by atoms with Crippen molar-refractivity contribution in [2.75, 3.05) is 19.6 Å². The van der Waals surface area contributed by atoms with Gasteiger partial charge in [-0.05, 0) is 56.6 Å². The summed E-state index contributed by atoms with van der Waals surface area (Å²) in [6.07, 6.45) is 9.07. The lowest BCUT2D eigenvalue weighted by Gasteiger charge is -2.34. The largest absolute Gasteiger partial charge is 0.352 e. The van der Waals surface area contributed by atoms with Gasteiger partial charge in [-0.15, -0.1) is 0 Å². The minimum Gasteiger partial charge on any atom is -0.352 e. The number of benzene rings is 1. The van der Waals surface area contributed by atoms with Gasteiger partial charge in [0.2, 0.25) is 0 Å². The highest BCUT2D eigenvalue weighted by Crippen LogP contribution is 2.21. The number of likely N-dealkylation sites (tertiary alicyclic amines) is 1. The summed E-state index contributed by atoms with van der Waals surface area (Å²) in [7, 11) is 0. The SMILES string of the molecule is Cc1ccccc1C(=O)NCCC1CCN(C(=O)NC2CCCCC2)CC1. The highest BCUT2D eigenvalue weighted by molar-refractivity contribution is 5.95. The van der Waals surface area contributed by atoms with E-state index in [0.717, 1.165) is 56.3 Å². The van der Waals surface area contributed by atoms with Crippen molar-refractivity contribution in [3.63, 3.8) is 0 Å². The topological polar surface area (TPSA) is 61.4 Å². The molecule has 1 aromatic rings. The standard InChI is InChI=1S/C22H33N3O2/c1-17-7-5-6-10-20(17)21(26)23-14-11-18-12-15-25(16-13-18)22(27)24-19-8-3-2-4-9-19/h5-7,10,18-19H,2-4,8-9,11-16H2,1H3,(H,23,26)(H,24,27). The molecule has 1 aromatic carbocycles. The summed E-state index contributed by atoms with van der Waals surface area (Å²) in [5.41, 5.74) is 1.76. The van der Waals surface area contributed by atoms with Gasteiger partial charge in [0.15, 0.2) is 0 Å². The van der Waals surface area contributed by atoms with Crippen LogP contribution in [0.15, 0.2) is 24.3 Å². The molecule has 5 heteroatoms. The predicted molar refractivity (Wildman–Crippen MR) is 108 cm³/mol. The van der Waals surface area contributed by atoms with E-state index in [1.807, 2.05) is 36.1 Å². The van der Waals surface area contributed by atoms with Gasteiger partial charge in [-0.25, -0.2) is 4.79 Å². The first kappa shape index (κ1) is 19.7. The number of piperidine rings is 1. The minimum absolute atomic E-state index is 0.0115. The zero-order chi connectivity index (χ0) is 19.1. The Hall–Kier alpha value is -2.04. The quantitative estimate of drug-likeness (QED) is 0.825. The smallest absolute Gasteiger partial charge is 0.317 e. The summed E-state index contributed by atoms with van der Waals surface area (Å²) in [4.78, 5) is 26.7. The van der Waals surface area contributed by atoms with E-state index in [4.69, 9.17) is 0 Å². The van der Waals surface area contributed by atoms with Crippen LogP contribution in [0.3, 0.4) is 0 Å². The Balaban J connectivity index is 1.34. The third-order valence-electron chi connectivity index (χ3n) is 6.06. The average Bonchev–Trinajstić information content (AvgIpc) is 2.69. The third-order valence-corrected chi connectivity index (χ3v) is 6.06. The molecule has 1 heterocycles. The molecule has 27 heavy (non-hydrogen) atoms. The first-order valence-electron chi connectivity index (χ1n) is 10.5. The van der Waals surface area contributed by atoms with Crippen molar-refractivity contribution < 1.29 is 9.59 Å². The molecule has 5 nitrogen and oxygen atoms in total. The van der Waals surface area contributed by atoms with Crippen LogP contribution in [0.2, 0.25) is 0 Å². The van der Waals surface area contributed by atoms with E-state index in [0.29, 0.717) is 18.5 Å². The number of rotatable bonds is 5. The number of carbonyl (C=O) groups excluding carboxylic acids is 2. The van der Waals surface area contributed by atoms with Crippen LogP contribution in [-0.2, 0) is 0 Å². The lowest BCUT2D eigenvalue weighted by molar-refractivity contribution is 0.0948. The van der Waals surface area contributed by atoms with Gasteiger partial charge in [0, 0.05) is 31.2 Å². The van der Waals surface area contributed by atoms with E-state index in [9.17, 15) is 9.59 Å². The van der Waals surface area contributed by atoms with Crippen LogP contribution in [0.25, 0.3) is 0 Å². The molecule has 148 valence electrons. The molecule has 1 aliphatic carbocycles. The highest BCUT2D eigenvalue weighted by Gasteiger charge is 2.25. The summed E-state index contributed by atoms with van der Waals surface area (Å²) >= 11 is 0. The summed E-state index contributed by atoms with van der Waals surface area (Å²) in [6, 6.07) is 8.17. The molecule has 1 aliphatic heterocycles. The molecule has 1 saturated carbocycles. The van der Waals surface area contributed by atoms with E-state index >= 15 is 0 Å². The fourth-order valence-corrected chi connectivity index (χ4v) is 4.25. The van der Waals surface area contributed by atoms with Gasteiger partial charge < -0.3 is 15.5 Å². The number of carbonyl (C=O) groups is 2. The third kappa shape index (κ3) is 5.72. The van der Waals surface area contributed by atoms with Crippen molar-refractivity contribution in [2.24, 2.45) is 5.92 Å². The maximum absolute atomic E-state index is 12.4. The first-order valence-corrected chi connectivity index (χ1v) is 10.5. The summed E-state index contributed by atoms with van der Waals surface area (Å²) in [6.45, 7) is 4.32. The van der Waals surface area contributed by atoms with E-state index in [1.165, 1.54) is 19.3 Å². The number of aryl methyl sites for hydroxylation is 1. The molecular formula is C22H33N3O2. The zero-order valence-corrected chi connectivity index (χ0v) is 16.5. The number of nitrogens with zero attached hydrogens (tertiary/aromatic N) is 1. The fraction of sp³-hybridized carbons (Fsp3) is 0.636. The number of hydrogen-bond donors (Lipinski definition) is 2. The van der Waals surface area contributed by atoms with E-state index in [1.54, 1.807) is 0 Å². The molecule has 0 unspecified atom stereocenters. The van der Waals surface area contributed by atoms with E-state index < -0.39 is 0 Å². The maximum Gasteiger partial charge on any atom is 0.317 e. The van der Waals surface area contributed by atoms with Gasteiger partial charge in [0.25, 0.3) is 5.91 Å². The van der Waals surface area contributed by atoms with Gasteiger partial charge in [-0.1, -0.05) is 37.5 Å². The van der Waals surface area contributed by atoms with Crippen LogP contribution in [-0.4, -0.2) is 42.5 Å². The van der Waals surface area contributed by atoms with Crippen LogP contribution in [0.1, 0.15) is 67.3 Å². The Morgan fingerprint density at radius 3 is 2.44 bits per heavy atom. The molecule has 0 radical (unpaired) electrons. The average molecular weight is 372 g/mol. The molecule has 0 bridgehead atoms. The summed E-state index contributed by atoms with van der Waals surface area (Å²) in [5, 5.41) is 6.26. The summed E-state index contributed by atoms with van der Waals surface area (Å²) < 4.78 is 0. The van der Waals surface area contributed by atoms with Crippen molar-refractivity contribution in [1.82, 2.24) is 15.5 Å². The first-order chi connectivity index (χ1) is 13.1. The minimum atomic E-state index is 0.0115. The van der Waals surface area contributed by atoms with Gasteiger partial charge >= 0.3 is 6.03 Å². The molecule has 2 aliphatic rings.